The maximum absolute atomic E-state index is 9.45. The van der Waals surface area contributed by atoms with Crippen molar-refractivity contribution in [3.63, 3.8) is 0 Å². The normalized spacial score (nSPS) is 12.0. The number of hydrogen-bond donors (Lipinski definition) is 2. The Balaban J connectivity index is 2.72. The van der Waals surface area contributed by atoms with Gasteiger partial charge >= 0.3 is 0 Å². The lowest BCUT2D eigenvalue weighted by atomic mass is 10.0. The lowest BCUT2D eigenvalue weighted by Crippen LogP contribution is -2.22. The van der Waals surface area contributed by atoms with Crippen LogP contribution in [0.25, 0.3) is 0 Å². The summed E-state index contributed by atoms with van der Waals surface area (Å²) in [5.41, 5.74) is 0.243. The fourth-order valence-corrected chi connectivity index (χ4v) is 1.19. The Morgan fingerprint density at radius 1 is 1.73 bits per heavy atom. The van der Waals surface area contributed by atoms with Gasteiger partial charge in [-0.05, 0) is 29.8 Å². The molecule has 0 saturated heterocycles. The van der Waals surface area contributed by atoms with Crippen molar-refractivity contribution in [2.75, 3.05) is 0 Å². The number of hydrogen-bond acceptors (Lipinski definition) is 2. The topological polar surface area (TPSA) is 48.9 Å². The highest BCUT2D eigenvalue weighted by molar-refractivity contribution is 9.10. The molecule has 0 bridgehead atoms. The van der Waals surface area contributed by atoms with Crippen molar-refractivity contribution in [2.45, 2.75) is 25.9 Å². The zero-order valence-corrected chi connectivity index (χ0v) is 8.14. The van der Waals surface area contributed by atoms with E-state index in [1.807, 2.05) is 0 Å². The van der Waals surface area contributed by atoms with Crippen LogP contribution in [-0.4, -0.2) is 20.9 Å². The fraction of sp³-hybridized carbons (Fsp3) is 0.571. The van der Waals surface area contributed by atoms with E-state index in [0.717, 1.165) is 10.2 Å². The molecule has 0 aliphatic rings. The maximum atomic E-state index is 9.45. The van der Waals surface area contributed by atoms with Crippen LogP contribution in [0.1, 0.15) is 19.5 Å². The molecule has 4 heteroatoms. The molecule has 0 spiro atoms. The first-order valence-electron chi connectivity index (χ1n) is 3.39. The lowest BCUT2D eigenvalue weighted by molar-refractivity contribution is 0.0797. The second-order valence-corrected chi connectivity index (χ2v) is 4.04. The summed E-state index contributed by atoms with van der Waals surface area (Å²) in [4.78, 5) is 0. The van der Waals surface area contributed by atoms with Gasteiger partial charge in [-0.3, -0.25) is 5.10 Å². The smallest absolute Gasteiger partial charge is 0.0647 e. The summed E-state index contributed by atoms with van der Waals surface area (Å²) >= 11 is 3.31. The highest BCUT2D eigenvalue weighted by Gasteiger charge is 2.16. The first kappa shape index (κ1) is 8.74. The van der Waals surface area contributed by atoms with Crippen molar-refractivity contribution in [2.24, 2.45) is 0 Å². The van der Waals surface area contributed by atoms with Gasteiger partial charge in [0.2, 0.25) is 0 Å². The van der Waals surface area contributed by atoms with Crippen LogP contribution in [0, 0.1) is 0 Å². The molecular formula is C7H11BrN2O. The van der Waals surface area contributed by atoms with E-state index >= 15 is 0 Å². The van der Waals surface area contributed by atoms with Gasteiger partial charge in [-0.2, -0.15) is 5.10 Å². The number of halogens is 1. The average Bonchev–Trinajstić information content (AvgIpc) is 2.12. The predicted octanol–water partition coefficient (Wildman–Crippen LogP) is 1.49. The Kier molecular flexibility index (Phi) is 2.34. The molecule has 0 aliphatic heterocycles. The minimum Gasteiger partial charge on any atom is -0.390 e. The van der Waals surface area contributed by atoms with Gasteiger partial charge in [0.1, 0.15) is 0 Å². The van der Waals surface area contributed by atoms with Crippen LogP contribution in [-0.2, 0) is 6.42 Å². The third-order valence-electron chi connectivity index (χ3n) is 1.28. The molecule has 0 amide bonds. The van der Waals surface area contributed by atoms with Gasteiger partial charge in [0.15, 0.2) is 0 Å². The van der Waals surface area contributed by atoms with Crippen molar-refractivity contribution < 1.29 is 5.11 Å². The summed E-state index contributed by atoms with van der Waals surface area (Å²) in [5.74, 6) is 0. The summed E-state index contributed by atoms with van der Waals surface area (Å²) in [6.45, 7) is 3.53. The van der Waals surface area contributed by atoms with Crippen molar-refractivity contribution in [3.05, 3.63) is 16.4 Å². The van der Waals surface area contributed by atoms with E-state index in [4.69, 9.17) is 0 Å². The minimum atomic E-state index is -0.685. The van der Waals surface area contributed by atoms with Gasteiger partial charge in [0, 0.05) is 6.42 Å². The number of nitrogens with one attached hydrogen (secondary N) is 1. The van der Waals surface area contributed by atoms with Crippen LogP contribution in [0.3, 0.4) is 0 Å². The summed E-state index contributed by atoms with van der Waals surface area (Å²) in [5, 5.41) is 16.1. The molecule has 0 aliphatic carbocycles. The standard InChI is InChI=1S/C7H11BrN2O/c1-7(2,11)3-6-5(8)4-9-10-6/h4,11H,3H2,1-2H3,(H,9,10). The molecule has 3 nitrogen and oxygen atoms in total. The summed E-state index contributed by atoms with van der Waals surface area (Å²) < 4.78 is 0.916. The Morgan fingerprint density at radius 2 is 2.36 bits per heavy atom. The number of rotatable bonds is 2. The fourth-order valence-electron chi connectivity index (χ4n) is 0.855. The molecule has 1 heterocycles. The van der Waals surface area contributed by atoms with Crippen molar-refractivity contribution >= 4 is 15.9 Å². The van der Waals surface area contributed by atoms with Crippen molar-refractivity contribution in [1.29, 1.82) is 0 Å². The van der Waals surface area contributed by atoms with Crippen molar-refractivity contribution in [1.82, 2.24) is 10.2 Å². The zero-order valence-electron chi connectivity index (χ0n) is 6.56. The monoisotopic (exact) mass is 218 g/mol. The van der Waals surface area contributed by atoms with Gasteiger partial charge in [-0.15, -0.1) is 0 Å². The van der Waals surface area contributed by atoms with E-state index in [9.17, 15) is 5.11 Å². The Bertz CT molecular complexity index is 239. The zero-order chi connectivity index (χ0) is 8.48. The molecule has 0 aromatic carbocycles. The first-order valence-corrected chi connectivity index (χ1v) is 4.18. The van der Waals surface area contributed by atoms with Crippen LogP contribution in [0.4, 0.5) is 0 Å². The molecule has 0 saturated carbocycles. The third kappa shape index (κ3) is 2.63. The molecule has 0 atom stereocenters. The largest absolute Gasteiger partial charge is 0.390 e. The highest BCUT2D eigenvalue weighted by atomic mass is 79.9. The van der Waals surface area contributed by atoms with Crippen LogP contribution >= 0.6 is 15.9 Å². The quantitative estimate of drug-likeness (QED) is 0.791. The van der Waals surface area contributed by atoms with Gasteiger partial charge in [0.05, 0.1) is 22.0 Å². The Morgan fingerprint density at radius 3 is 2.73 bits per heavy atom. The molecule has 62 valence electrons. The molecule has 1 aromatic heterocycles. The SMILES string of the molecule is CC(C)(O)Cc1[nH]ncc1Br. The second kappa shape index (κ2) is 2.95. The van der Waals surface area contributed by atoms with Gasteiger partial charge in [0.25, 0.3) is 0 Å². The highest BCUT2D eigenvalue weighted by Crippen LogP contribution is 2.18. The third-order valence-corrected chi connectivity index (χ3v) is 1.96. The van der Waals surface area contributed by atoms with Gasteiger partial charge < -0.3 is 5.11 Å². The first-order chi connectivity index (χ1) is 4.99. The molecule has 2 N–H and O–H groups in total. The van der Waals surface area contributed by atoms with Crippen LogP contribution in [0.5, 0.6) is 0 Å². The van der Waals surface area contributed by atoms with E-state index < -0.39 is 5.60 Å². The van der Waals surface area contributed by atoms with Gasteiger partial charge in [-0.25, -0.2) is 0 Å². The summed E-state index contributed by atoms with van der Waals surface area (Å²) in [6.07, 6.45) is 2.26. The van der Waals surface area contributed by atoms with E-state index in [1.165, 1.54) is 0 Å². The molecule has 11 heavy (non-hydrogen) atoms. The van der Waals surface area contributed by atoms with Crippen LogP contribution < -0.4 is 0 Å². The molecule has 1 rings (SSSR count). The van der Waals surface area contributed by atoms with Crippen LogP contribution in [0.15, 0.2) is 10.7 Å². The van der Waals surface area contributed by atoms with E-state index in [1.54, 1.807) is 20.0 Å². The summed E-state index contributed by atoms with van der Waals surface area (Å²) in [7, 11) is 0. The molecular weight excluding hydrogens is 208 g/mol. The van der Waals surface area contributed by atoms with E-state index in [0.29, 0.717) is 6.42 Å². The predicted molar refractivity (Wildman–Crippen MR) is 46.3 cm³/mol. The molecule has 0 fully saturated rings. The Hall–Kier alpha value is -0.350. The number of H-pyrrole nitrogens is 1. The number of aromatic amines is 1. The van der Waals surface area contributed by atoms with Gasteiger partial charge in [-0.1, -0.05) is 0 Å². The van der Waals surface area contributed by atoms with Crippen LogP contribution in [0.2, 0.25) is 0 Å². The van der Waals surface area contributed by atoms with E-state index in [2.05, 4.69) is 26.1 Å². The average molecular weight is 219 g/mol. The molecule has 1 aromatic rings. The number of aliphatic hydroxyl groups is 1. The van der Waals surface area contributed by atoms with Crippen molar-refractivity contribution in [3.8, 4) is 0 Å². The molecule has 0 unspecified atom stereocenters. The Labute approximate surface area is 74.0 Å². The molecule has 0 radical (unpaired) electrons. The number of nitrogens with zero attached hydrogens (tertiary/aromatic N) is 1. The number of aromatic nitrogens is 2. The summed E-state index contributed by atoms with van der Waals surface area (Å²) in [6, 6.07) is 0. The minimum absolute atomic E-state index is 0.577. The van der Waals surface area contributed by atoms with E-state index in [-0.39, 0.29) is 0 Å². The second-order valence-electron chi connectivity index (χ2n) is 3.19. The lowest BCUT2D eigenvalue weighted by Gasteiger charge is -2.15. The maximum Gasteiger partial charge on any atom is 0.0647 e.